The van der Waals surface area contributed by atoms with E-state index in [0.717, 1.165) is 42.3 Å². The fraction of sp³-hybridized carbons (Fsp3) is 0.500. The first-order valence-corrected chi connectivity index (χ1v) is 11.1. The van der Waals surface area contributed by atoms with E-state index in [4.69, 9.17) is 4.74 Å². The number of H-pyrrole nitrogens is 1. The minimum atomic E-state index is -0.813. The number of hydrogen-bond donors (Lipinski definition) is 3. The first-order chi connectivity index (χ1) is 14.8. The van der Waals surface area contributed by atoms with E-state index in [1.54, 1.807) is 12.5 Å². The molecule has 1 unspecified atom stereocenters. The van der Waals surface area contributed by atoms with E-state index in [9.17, 15) is 9.90 Å². The van der Waals surface area contributed by atoms with Crippen molar-refractivity contribution >= 4 is 16.8 Å². The molecule has 0 aliphatic heterocycles. The van der Waals surface area contributed by atoms with Crippen LogP contribution in [0.3, 0.4) is 0 Å². The van der Waals surface area contributed by atoms with Gasteiger partial charge in [0.15, 0.2) is 0 Å². The van der Waals surface area contributed by atoms with Gasteiger partial charge < -0.3 is 24.7 Å². The number of hydrogen-bond acceptors (Lipinski definition) is 4. The van der Waals surface area contributed by atoms with Gasteiger partial charge in [0.25, 0.3) is 5.91 Å². The van der Waals surface area contributed by atoms with Crippen LogP contribution in [0.15, 0.2) is 43.1 Å². The Labute approximate surface area is 182 Å². The zero-order valence-corrected chi connectivity index (χ0v) is 18.5. The van der Waals surface area contributed by atoms with E-state index < -0.39 is 5.60 Å². The number of carbonyl (C=O) groups excluding carboxylic acids is 1. The van der Waals surface area contributed by atoms with Gasteiger partial charge in [-0.3, -0.25) is 4.79 Å². The third-order valence-corrected chi connectivity index (χ3v) is 6.56. The van der Waals surface area contributed by atoms with Crippen molar-refractivity contribution in [1.82, 2.24) is 19.9 Å². The molecule has 0 spiro atoms. The molecule has 3 N–H and O–H groups in total. The fourth-order valence-corrected chi connectivity index (χ4v) is 3.99. The Morgan fingerprint density at radius 3 is 2.81 bits per heavy atom. The summed E-state index contributed by atoms with van der Waals surface area (Å²) in [5.74, 6) is 0.0764. The molecule has 3 aromatic rings. The van der Waals surface area contributed by atoms with Crippen LogP contribution < -0.4 is 5.32 Å². The van der Waals surface area contributed by atoms with Crippen molar-refractivity contribution in [3.63, 3.8) is 0 Å². The molecule has 1 saturated carbocycles. The van der Waals surface area contributed by atoms with Gasteiger partial charge >= 0.3 is 0 Å². The van der Waals surface area contributed by atoms with Gasteiger partial charge in [0.1, 0.15) is 0 Å². The minimum Gasteiger partial charge on any atom is -0.388 e. The third kappa shape index (κ3) is 4.83. The Hall–Kier alpha value is -2.64. The van der Waals surface area contributed by atoms with Crippen LogP contribution in [-0.2, 0) is 4.74 Å². The standard InChI is InChI=1S/C24H32N4O3/c1-16(2)24(3,30)14-31-20-6-4-18(5-7-20)27-23(29)21-13-19(28-11-10-25-15-28)12-17-8-9-26-22(17)21/h8-13,15-16,18,20,26,30H,4-7,14H2,1-3H3,(H,27,29). The molecule has 1 aromatic carbocycles. The average molecular weight is 425 g/mol. The molecule has 1 fully saturated rings. The summed E-state index contributed by atoms with van der Waals surface area (Å²) in [7, 11) is 0. The summed E-state index contributed by atoms with van der Waals surface area (Å²) < 4.78 is 7.88. The van der Waals surface area contributed by atoms with Crippen molar-refractivity contribution < 1.29 is 14.6 Å². The molecule has 31 heavy (non-hydrogen) atoms. The number of nitrogens with zero attached hydrogens (tertiary/aromatic N) is 2. The Bertz CT molecular complexity index is 1010. The van der Waals surface area contributed by atoms with Gasteiger partial charge in [-0.1, -0.05) is 13.8 Å². The van der Waals surface area contributed by atoms with Crippen LogP contribution in [0.25, 0.3) is 16.6 Å². The van der Waals surface area contributed by atoms with E-state index in [1.807, 2.05) is 55.9 Å². The quantitative estimate of drug-likeness (QED) is 0.538. The lowest BCUT2D eigenvalue weighted by Crippen LogP contribution is -2.42. The number of amides is 1. The number of rotatable bonds is 7. The second-order valence-electron chi connectivity index (χ2n) is 9.18. The van der Waals surface area contributed by atoms with Crippen LogP contribution in [0, 0.1) is 5.92 Å². The molecule has 1 atom stereocenters. The predicted molar refractivity (Wildman–Crippen MR) is 120 cm³/mol. The number of aliphatic hydroxyl groups is 1. The van der Waals surface area contributed by atoms with Crippen molar-refractivity contribution in [2.24, 2.45) is 5.92 Å². The number of fused-ring (bicyclic) bond motifs is 1. The average Bonchev–Trinajstić information content (AvgIpc) is 3.44. The molecule has 7 nitrogen and oxygen atoms in total. The largest absolute Gasteiger partial charge is 0.388 e. The minimum absolute atomic E-state index is 0.0680. The van der Waals surface area contributed by atoms with Crippen molar-refractivity contribution in [2.75, 3.05) is 6.61 Å². The Morgan fingerprint density at radius 1 is 1.35 bits per heavy atom. The Balaban J connectivity index is 1.39. The second-order valence-corrected chi connectivity index (χ2v) is 9.18. The highest BCUT2D eigenvalue weighted by Gasteiger charge is 2.29. The zero-order chi connectivity index (χ0) is 22.0. The first kappa shape index (κ1) is 21.6. The van der Waals surface area contributed by atoms with E-state index >= 15 is 0 Å². The van der Waals surface area contributed by atoms with Gasteiger partial charge in [0.2, 0.25) is 0 Å². The number of nitrogens with one attached hydrogen (secondary N) is 2. The maximum Gasteiger partial charge on any atom is 0.253 e. The van der Waals surface area contributed by atoms with Gasteiger partial charge in [-0.05, 0) is 56.7 Å². The molecule has 2 heterocycles. The number of aromatic nitrogens is 3. The van der Waals surface area contributed by atoms with Gasteiger partial charge in [0, 0.05) is 35.7 Å². The molecule has 7 heteroatoms. The Morgan fingerprint density at radius 2 is 2.13 bits per heavy atom. The number of ether oxygens (including phenoxy) is 1. The fourth-order valence-electron chi connectivity index (χ4n) is 3.99. The number of imidazole rings is 1. The van der Waals surface area contributed by atoms with Gasteiger partial charge in [-0.15, -0.1) is 0 Å². The highest BCUT2D eigenvalue weighted by molar-refractivity contribution is 6.06. The van der Waals surface area contributed by atoms with E-state index in [1.165, 1.54) is 0 Å². The van der Waals surface area contributed by atoms with Crippen LogP contribution in [0.5, 0.6) is 0 Å². The zero-order valence-electron chi connectivity index (χ0n) is 18.5. The van der Waals surface area contributed by atoms with Crippen molar-refractivity contribution in [3.05, 3.63) is 48.7 Å². The summed E-state index contributed by atoms with van der Waals surface area (Å²) in [4.78, 5) is 20.4. The third-order valence-electron chi connectivity index (χ3n) is 6.56. The van der Waals surface area contributed by atoms with Crippen LogP contribution >= 0.6 is 0 Å². The first-order valence-electron chi connectivity index (χ1n) is 11.1. The lowest BCUT2D eigenvalue weighted by Gasteiger charge is -2.33. The number of aromatic amines is 1. The van der Waals surface area contributed by atoms with Crippen LogP contribution in [0.2, 0.25) is 0 Å². The molecule has 1 amide bonds. The summed E-state index contributed by atoms with van der Waals surface area (Å²) >= 11 is 0. The van der Waals surface area contributed by atoms with Crippen LogP contribution in [0.1, 0.15) is 56.8 Å². The summed E-state index contributed by atoms with van der Waals surface area (Å²) in [6, 6.07) is 6.04. The normalized spacial score (nSPS) is 21.3. The van der Waals surface area contributed by atoms with Crippen LogP contribution in [0.4, 0.5) is 0 Å². The summed E-state index contributed by atoms with van der Waals surface area (Å²) in [6.45, 7) is 6.17. The molecule has 0 bridgehead atoms. The summed E-state index contributed by atoms with van der Waals surface area (Å²) in [6.07, 6.45) is 10.8. The lowest BCUT2D eigenvalue weighted by atomic mass is 9.91. The smallest absolute Gasteiger partial charge is 0.253 e. The maximum absolute atomic E-state index is 13.1. The highest BCUT2D eigenvalue weighted by atomic mass is 16.5. The second kappa shape index (κ2) is 8.85. The molecular weight excluding hydrogens is 392 g/mol. The van der Waals surface area contributed by atoms with E-state index in [2.05, 4.69) is 15.3 Å². The van der Waals surface area contributed by atoms with Crippen molar-refractivity contribution in [3.8, 4) is 5.69 Å². The molecule has 1 aliphatic carbocycles. The van der Waals surface area contributed by atoms with Gasteiger partial charge in [0.05, 0.1) is 35.7 Å². The van der Waals surface area contributed by atoms with E-state index in [-0.39, 0.29) is 24.0 Å². The monoisotopic (exact) mass is 424 g/mol. The number of carbonyl (C=O) groups is 1. The molecule has 166 valence electrons. The summed E-state index contributed by atoms with van der Waals surface area (Å²) in [5, 5.41) is 14.6. The van der Waals surface area contributed by atoms with Gasteiger partial charge in [-0.25, -0.2) is 4.98 Å². The molecule has 1 aliphatic rings. The highest BCUT2D eigenvalue weighted by Crippen LogP contribution is 2.26. The predicted octanol–water partition coefficient (Wildman–Crippen LogP) is 3.82. The van der Waals surface area contributed by atoms with Gasteiger partial charge in [-0.2, -0.15) is 0 Å². The Kier molecular flexibility index (Phi) is 6.16. The van der Waals surface area contributed by atoms with Crippen molar-refractivity contribution in [1.29, 1.82) is 0 Å². The number of benzene rings is 1. The summed E-state index contributed by atoms with van der Waals surface area (Å²) in [5.41, 5.74) is 1.57. The molecular formula is C24H32N4O3. The van der Waals surface area contributed by atoms with Crippen LogP contribution in [-0.4, -0.2) is 49.9 Å². The molecule has 0 radical (unpaired) electrons. The molecule has 2 aromatic heterocycles. The lowest BCUT2D eigenvalue weighted by molar-refractivity contribution is -0.0941. The molecule has 0 saturated heterocycles. The van der Waals surface area contributed by atoms with E-state index in [0.29, 0.717) is 12.2 Å². The SMILES string of the molecule is CC(C)C(C)(O)COC1CCC(NC(=O)c2cc(-n3ccnc3)cc3cc[nH]c23)CC1. The maximum atomic E-state index is 13.1. The topological polar surface area (TPSA) is 92.2 Å². The molecule has 4 rings (SSSR count). The van der Waals surface area contributed by atoms with Crippen molar-refractivity contribution in [2.45, 2.75) is 64.2 Å².